The fourth-order valence-corrected chi connectivity index (χ4v) is 5.25. The molecular weight excluding hydrogens is 444 g/mol. The number of carbonyl (C=O) groups is 2. The van der Waals surface area contributed by atoms with Gasteiger partial charge in [-0.05, 0) is 63.6 Å². The summed E-state index contributed by atoms with van der Waals surface area (Å²) in [6.07, 6.45) is 4.79. The standard InChI is InChI=1S/C27H34N4O4/c1-5-31(24-18(2)21(25(32)33)15-23-22(24)16-28-30(23)4)20-11-13-27(3,14-12-20)29-26(34)35-17-19-9-7-6-8-10-19/h6-10,15-16,20H,5,11-14,17H2,1-4H3,(H,29,34)(H,32,33). The summed E-state index contributed by atoms with van der Waals surface area (Å²) in [5.74, 6) is -0.933. The third kappa shape index (κ3) is 5.11. The van der Waals surface area contributed by atoms with Crippen molar-refractivity contribution in [3.05, 3.63) is 59.3 Å². The van der Waals surface area contributed by atoms with Crippen LogP contribution in [0.4, 0.5) is 10.5 Å². The number of rotatable bonds is 7. The molecule has 1 heterocycles. The number of aryl methyl sites for hydroxylation is 1. The summed E-state index contributed by atoms with van der Waals surface area (Å²) in [7, 11) is 1.83. The highest BCUT2D eigenvalue weighted by atomic mass is 16.5. The number of aromatic nitrogens is 2. The number of carboxylic acids is 1. The minimum absolute atomic E-state index is 0.237. The number of fused-ring (bicyclic) bond motifs is 1. The van der Waals surface area contributed by atoms with E-state index in [1.165, 1.54) is 0 Å². The summed E-state index contributed by atoms with van der Waals surface area (Å²) >= 11 is 0. The van der Waals surface area contributed by atoms with Gasteiger partial charge in [-0.1, -0.05) is 30.3 Å². The number of aromatic carboxylic acids is 1. The van der Waals surface area contributed by atoms with Gasteiger partial charge in [-0.25, -0.2) is 9.59 Å². The van der Waals surface area contributed by atoms with Crippen LogP contribution in [0.5, 0.6) is 0 Å². The van der Waals surface area contributed by atoms with Crippen LogP contribution in [-0.4, -0.2) is 45.1 Å². The van der Waals surface area contributed by atoms with E-state index in [0.717, 1.165) is 59.9 Å². The van der Waals surface area contributed by atoms with E-state index in [1.54, 1.807) is 10.7 Å². The van der Waals surface area contributed by atoms with Crippen LogP contribution in [-0.2, 0) is 18.4 Å². The Hall–Kier alpha value is -3.55. The molecule has 4 rings (SSSR count). The van der Waals surface area contributed by atoms with Gasteiger partial charge < -0.3 is 20.1 Å². The number of carboxylic acid groups (broad SMARTS) is 1. The lowest BCUT2D eigenvalue weighted by Crippen LogP contribution is -2.51. The Morgan fingerprint density at radius 3 is 2.57 bits per heavy atom. The summed E-state index contributed by atoms with van der Waals surface area (Å²) < 4.78 is 7.16. The summed E-state index contributed by atoms with van der Waals surface area (Å²) in [6.45, 7) is 7.04. The van der Waals surface area contributed by atoms with Gasteiger partial charge in [0, 0.05) is 30.6 Å². The summed E-state index contributed by atoms with van der Waals surface area (Å²) in [4.78, 5) is 26.8. The highest BCUT2D eigenvalue weighted by Crippen LogP contribution is 2.38. The van der Waals surface area contributed by atoms with Crippen LogP contribution in [0.25, 0.3) is 10.9 Å². The fourth-order valence-electron chi connectivity index (χ4n) is 5.25. The number of carbonyl (C=O) groups excluding carboxylic acids is 1. The molecule has 1 aliphatic rings. The van der Waals surface area contributed by atoms with Crippen molar-refractivity contribution in [1.29, 1.82) is 0 Å². The molecule has 8 heteroatoms. The van der Waals surface area contributed by atoms with Crippen molar-refractivity contribution < 1.29 is 19.4 Å². The molecule has 0 bridgehead atoms. The number of alkyl carbamates (subject to hydrolysis) is 1. The number of nitrogens with zero attached hydrogens (tertiary/aromatic N) is 3. The molecule has 3 aromatic rings. The molecule has 0 spiro atoms. The molecule has 1 amide bonds. The molecule has 2 aromatic carbocycles. The number of benzene rings is 2. The minimum Gasteiger partial charge on any atom is -0.478 e. The van der Waals surface area contributed by atoms with Gasteiger partial charge in [0.05, 0.1) is 23.0 Å². The number of anilines is 1. The summed E-state index contributed by atoms with van der Waals surface area (Å²) in [6, 6.07) is 11.6. The van der Waals surface area contributed by atoms with E-state index in [1.807, 2.05) is 50.5 Å². The molecular formula is C27H34N4O4. The molecule has 0 saturated heterocycles. The molecule has 1 aliphatic carbocycles. The van der Waals surface area contributed by atoms with Crippen LogP contribution in [0.2, 0.25) is 0 Å². The van der Waals surface area contributed by atoms with E-state index in [4.69, 9.17) is 4.74 Å². The molecule has 0 radical (unpaired) electrons. The normalized spacial score (nSPS) is 19.9. The van der Waals surface area contributed by atoms with E-state index >= 15 is 0 Å². The zero-order valence-corrected chi connectivity index (χ0v) is 20.9. The van der Waals surface area contributed by atoms with E-state index in [0.29, 0.717) is 5.56 Å². The van der Waals surface area contributed by atoms with Gasteiger partial charge in [0.15, 0.2) is 0 Å². The Labute approximate surface area is 205 Å². The average Bonchev–Trinajstić information content (AvgIpc) is 3.21. The van der Waals surface area contributed by atoms with Gasteiger partial charge in [-0.3, -0.25) is 4.68 Å². The molecule has 8 nitrogen and oxygen atoms in total. The maximum absolute atomic E-state index is 12.5. The van der Waals surface area contributed by atoms with Crippen LogP contribution in [0.3, 0.4) is 0 Å². The van der Waals surface area contributed by atoms with Crippen LogP contribution in [0, 0.1) is 6.92 Å². The second-order valence-corrected chi connectivity index (χ2v) is 9.67. The third-order valence-corrected chi connectivity index (χ3v) is 7.25. The number of amides is 1. The van der Waals surface area contributed by atoms with Crippen molar-refractivity contribution in [2.45, 2.75) is 64.6 Å². The lowest BCUT2D eigenvalue weighted by atomic mass is 9.80. The molecule has 0 atom stereocenters. The number of ether oxygens (including phenoxy) is 1. The molecule has 186 valence electrons. The van der Waals surface area contributed by atoms with Crippen LogP contribution in [0.1, 0.15) is 61.0 Å². The molecule has 2 N–H and O–H groups in total. The van der Waals surface area contributed by atoms with Crippen molar-refractivity contribution in [3.8, 4) is 0 Å². The zero-order chi connectivity index (χ0) is 25.2. The Morgan fingerprint density at radius 1 is 1.26 bits per heavy atom. The Balaban J connectivity index is 1.47. The van der Waals surface area contributed by atoms with Crippen LogP contribution >= 0.6 is 0 Å². The Kier molecular flexibility index (Phi) is 7.00. The summed E-state index contributed by atoms with van der Waals surface area (Å²) in [5, 5.41) is 18.2. The second-order valence-electron chi connectivity index (χ2n) is 9.67. The first kappa shape index (κ1) is 24.6. The van der Waals surface area contributed by atoms with Gasteiger partial charge in [0.2, 0.25) is 0 Å². The SMILES string of the molecule is CCN(c1c(C)c(C(=O)O)cc2c1cnn2C)C1CCC(C)(NC(=O)OCc2ccccc2)CC1. The van der Waals surface area contributed by atoms with Gasteiger partial charge in [0.25, 0.3) is 0 Å². The maximum atomic E-state index is 12.5. The first-order chi connectivity index (χ1) is 16.7. The third-order valence-electron chi connectivity index (χ3n) is 7.25. The largest absolute Gasteiger partial charge is 0.478 e. The van der Waals surface area contributed by atoms with Crippen LogP contribution in [0.15, 0.2) is 42.6 Å². The first-order valence-corrected chi connectivity index (χ1v) is 12.2. The highest BCUT2D eigenvalue weighted by Gasteiger charge is 2.36. The van der Waals surface area contributed by atoms with Gasteiger partial charge >= 0.3 is 12.1 Å². The van der Waals surface area contributed by atoms with E-state index in [9.17, 15) is 14.7 Å². The topological polar surface area (TPSA) is 96.7 Å². The molecule has 1 fully saturated rings. The van der Waals surface area contributed by atoms with Crippen molar-refractivity contribution in [2.24, 2.45) is 7.05 Å². The molecule has 1 saturated carbocycles. The van der Waals surface area contributed by atoms with Gasteiger partial charge in [-0.15, -0.1) is 0 Å². The molecule has 35 heavy (non-hydrogen) atoms. The quantitative estimate of drug-likeness (QED) is 0.494. The lowest BCUT2D eigenvalue weighted by molar-refractivity contribution is 0.0696. The van der Waals surface area contributed by atoms with E-state index in [-0.39, 0.29) is 18.2 Å². The molecule has 1 aromatic heterocycles. The van der Waals surface area contributed by atoms with E-state index in [2.05, 4.69) is 29.2 Å². The monoisotopic (exact) mass is 478 g/mol. The predicted octanol–water partition coefficient (Wildman–Crippen LogP) is 5.03. The minimum atomic E-state index is -0.933. The van der Waals surface area contributed by atoms with Crippen molar-refractivity contribution >= 4 is 28.7 Å². The maximum Gasteiger partial charge on any atom is 0.407 e. The predicted molar refractivity (Wildman–Crippen MR) is 136 cm³/mol. The second kappa shape index (κ2) is 9.98. The molecule has 0 unspecified atom stereocenters. The van der Waals surface area contributed by atoms with Gasteiger partial charge in [-0.2, -0.15) is 5.10 Å². The van der Waals surface area contributed by atoms with Crippen molar-refractivity contribution in [2.75, 3.05) is 11.4 Å². The number of hydrogen-bond donors (Lipinski definition) is 2. The Bertz CT molecular complexity index is 1210. The average molecular weight is 479 g/mol. The lowest BCUT2D eigenvalue weighted by Gasteiger charge is -2.43. The van der Waals surface area contributed by atoms with E-state index < -0.39 is 12.1 Å². The first-order valence-electron chi connectivity index (χ1n) is 12.2. The number of hydrogen-bond acceptors (Lipinski definition) is 5. The van der Waals surface area contributed by atoms with Crippen LogP contribution < -0.4 is 10.2 Å². The summed E-state index contributed by atoms with van der Waals surface area (Å²) in [5.41, 5.74) is 3.43. The smallest absolute Gasteiger partial charge is 0.407 e. The Morgan fingerprint density at radius 2 is 1.94 bits per heavy atom. The number of nitrogens with one attached hydrogen (secondary N) is 1. The van der Waals surface area contributed by atoms with Crippen molar-refractivity contribution in [3.63, 3.8) is 0 Å². The van der Waals surface area contributed by atoms with Crippen molar-refractivity contribution in [1.82, 2.24) is 15.1 Å². The highest BCUT2D eigenvalue weighted by molar-refractivity contribution is 6.02. The molecule has 0 aliphatic heterocycles. The fraction of sp³-hybridized carbons (Fsp3) is 0.444. The zero-order valence-electron chi connectivity index (χ0n) is 20.9. The van der Waals surface area contributed by atoms with Gasteiger partial charge in [0.1, 0.15) is 6.61 Å².